The SMILES string of the molecule is NC(=O)CNS(=O)(=O)c1ccc[nH]c1=O. The lowest BCUT2D eigenvalue weighted by Gasteiger charge is -2.02. The van der Waals surface area contributed by atoms with Crippen LogP contribution in [0.3, 0.4) is 0 Å². The van der Waals surface area contributed by atoms with Crippen molar-refractivity contribution in [1.29, 1.82) is 0 Å². The molecule has 0 fully saturated rings. The summed E-state index contributed by atoms with van der Waals surface area (Å²) in [6.45, 7) is -0.545. The summed E-state index contributed by atoms with van der Waals surface area (Å²) >= 11 is 0. The molecule has 1 amide bonds. The summed E-state index contributed by atoms with van der Waals surface area (Å²) in [4.78, 5) is 23.2. The summed E-state index contributed by atoms with van der Waals surface area (Å²) in [5, 5.41) is 0. The van der Waals surface area contributed by atoms with Crippen molar-refractivity contribution in [2.75, 3.05) is 6.54 Å². The van der Waals surface area contributed by atoms with Gasteiger partial charge in [-0.15, -0.1) is 0 Å². The maximum Gasteiger partial charge on any atom is 0.268 e. The molecule has 0 aliphatic rings. The zero-order valence-electron chi connectivity index (χ0n) is 7.56. The molecule has 0 bridgehead atoms. The fourth-order valence-electron chi connectivity index (χ4n) is 0.862. The molecule has 7 nitrogen and oxygen atoms in total. The van der Waals surface area contributed by atoms with Crippen molar-refractivity contribution in [3.05, 3.63) is 28.7 Å². The van der Waals surface area contributed by atoms with E-state index in [0.717, 1.165) is 6.07 Å². The Morgan fingerprint density at radius 3 is 2.73 bits per heavy atom. The Labute approximate surface area is 85.4 Å². The topological polar surface area (TPSA) is 122 Å². The van der Waals surface area contributed by atoms with Crippen LogP contribution >= 0.6 is 0 Å². The van der Waals surface area contributed by atoms with E-state index in [1.165, 1.54) is 12.3 Å². The van der Waals surface area contributed by atoms with Crippen LogP contribution in [0.15, 0.2) is 28.0 Å². The first-order valence-electron chi connectivity index (χ1n) is 3.89. The van der Waals surface area contributed by atoms with E-state index in [-0.39, 0.29) is 0 Å². The van der Waals surface area contributed by atoms with E-state index in [1.54, 1.807) is 0 Å². The van der Waals surface area contributed by atoms with Crippen LogP contribution in [0.4, 0.5) is 0 Å². The lowest BCUT2D eigenvalue weighted by atomic mass is 10.5. The quantitative estimate of drug-likeness (QED) is 0.562. The first-order valence-corrected chi connectivity index (χ1v) is 5.37. The number of H-pyrrole nitrogens is 1. The average Bonchev–Trinajstić information content (AvgIpc) is 2.15. The van der Waals surface area contributed by atoms with Gasteiger partial charge in [-0.1, -0.05) is 0 Å². The Kier molecular flexibility index (Phi) is 3.22. The molecular formula is C7H9N3O4S. The average molecular weight is 231 g/mol. The van der Waals surface area contributed by atoms with E-state index in [2.05, 4.69) is 4.98 Å². The third kappa shape index (κ3) is 2.89. The van der Waals surface area contributed by atoms with Gasteiger partial charge in [0.1, 0.15) is 4.90 Å². The Hall–Kier alpha value is -1.67. The minimum atomic E-state index is -3.98. The summed E-state index contributed by atoms with van der Waals surface area (Å²) in [6.07, 6.45) is 1.30. The lowest BCUT2D eigenvalue weighted by Crippen LogP contribution is -2.35. The third-order valence-electron chi connectivity index (χ3n) is 1.51. The van der Waals surface area contributed by atoms with Crippen LogP contribution in [-0.4, -0.2) is 25.9 Å². The van der Waals surface area contributed by atoms with E-state index in [9.17, 15) is 18.0 Å². The molecule has 0 spiro atoms. The van der Waals surface area contributed by atoms with Crippen LogP contribution in [0.5, 0.6) is 0 Å². The molecule has 1 heterocycles. The molecule has 4 N–H and O–H groups in total. The van der Waals surface area contributed by atoms with Gasteiger partial charge in [0.05, 0.1) is 6.54 Å². The number of aromatic nitrogens is 1. The number of aromatic amines is 1. The van der Waals surface area contributed by atoms with Crippen molar-refractivity contribution >= 4 is 15.9 Å². The molecule has 0 radical (unpaired) electrons. The molecule has 0 unspecified atom stereocenters. The second-order valence-electron chi connectivity index (χ2n) is 2.65. The number of sulfonamides is 1. The minimum absolute atomic E-state index is 0.453. The van der Waals surface area contributed by atoms with Gasteiger partial charge in [-0.25, -0.2) is 13.1 Å². The molecule has 0 saturated heterocycles. The Balaban J connectivity index is 3.02. The fourth-order valence-corrected chi connectivity index (χ4v) is 1.91. The van der Waals surface area contributed by atoms with Gasteiger partial charge in [0.2, 0.25) is 15.9 Å². The predicted octanol–water partition coefficient (Wildman–Crippen LogP) is -1.86. The maximum absolute atomic E-state index is 11.4. The molecule has 0 saturated carbocycles. The largest absolute Gasteiger partial charge is 0.369 e. The third-order valence-corrected chi connectivity index (χ3v) is 2.93. The number of carbonyl (C=O) groups is 1. The molecule has 0 aliphatic heterocycles. The Morgan fingerprint density at radius 1 is 1.53 bits per heavy atom. The number of nitrogens with one attached hydrogen (secondary N) is 2. The first kappa shape index (κ1) is 11.4. The summed E-state index contributed by atoms with van der Waals surface area (Å²) in [5.74, 6) is -0.828. The number of hydrogen-bond donors (Lipinski definition) is 3. The fraction of sp³-hybridized carbons (Fsp3) is 0.143. The predicted molar refractivity (Wildman–Crippen MR) is 51.4 cm³/mol. The summed E-state index contributed by atoms with van der Waals surface area (Å²) in [7, 11) is -3.98. The Morgan fingerprint density at radius 2 is 2.20 bits per heavy atom. The van der Waals surface area contributed by atoms with Crippen molar-refractivity contribution in [3.8, 4) is 0 Å². The van der Waals surface area contributed by atoms with Crippen molar-refractivity contribution in [2.45, 2.75) is 4.90 Å². The van der Waals surface area contributed by atoms with Crippen LogP contribution in [0.1, 0.15) is 0 Å². The van der Waals surface area contributed by atoms with Crippen molar-refractivity contribution in [1.82, 2.24) is 9.71 Å². The number of rotatable bonds is 4. The standard InChI is InChI=1S/C7H9N3O4S/c8-6(11)4-10-15(13,14)5-2-1-3-9-7(5)12/h1-3,10H,4H2,(H2,8,11)(H,9,12). The van der Waals surface area contributed by atoms with E-state index in [1.807, 2.05) is 4.72 Å². The van der Waals surface area contributed by atoms with E-state index in [4.69, 9.17) is 5.73 Å². The van der Waals surface area contributed by atoms with Gasteiger partial charge >= 0.3 is 0 Å². The van der Waals surface area contributed by atoms with Crippen molar-refractivity contribution < 1.29 is 13.2 Å². The van der Waals surface area contributed by atoms with Crippen LogP contribution < -0.4 is 16.0 Å². The van der Waals surface area contributed by atoms with Crippen molar-refractivity contribution in [3.63, 3.8) is 0 Å². The van der Waals surface area contributed by atoms with E-state index >= 15 is 0 Å². The maximum atomic E-state index is 11.4. The van der Waals surface area contributed by atoms with Gasteiger partial charge in [-0.05, 0) is 12.1 Å². The normalized spacial score (nSPS) is 11.2. The monoisotopic (exact) mass is 231 g/mol. The van der Waals surface area contributed by atoms with Gasteiger partial charge in [-0.3, -0.25) is 9.59 Å². The smallest absolute Gasteiger partial charge is 0.268 e. The zero-order valence-corrected chi connectivity index (χ0v) is 8.37. The first-order chi connectivity index (χ1) is 6.93. The van der Waals surface area contributed by atoms with Gasteiger partial charge in [0, 0.05) is 6.20 Å². The molecule has 0 aliphatic carbocycles. The number of nitrogens with two attached hydrogens (primary N) is 1. The molecule has 15 heavy (non-hydrogen) atoms. The highest BCUT2D eigenvalue weighted by Crippen LogP contribution is 1.99. The highest BCUT2D eigenvalue weighted by atomic mass is 32.2. The number of carbonyl (C=O) groups excluding carboxylic acids is 1. The molecule has 1 aromatic rings. The Bertz CT molecular complexity index is 519. The van der Waals surface area contributed by atoms with Gasteiger partial charge in [0.25, 0.3) is 5.56 Å². The second-order valence-corrected chi connectivity index (χ2v) is 4.39. The molecule has 8 heteroatoms. The number of amides is 1. The molecular weight excluding hydrogens is 222 g/mol. The van der Waals surface area contributed by atoms with Crippen molar-refractivity contribution in [2.24, 2.45) is 5.73 Å². The molecule has 1 aromatic heterocycles. The summed E-state index contributed by atoms with van der Waals surface area (Å²) in [5.41, 5.74) is 4.01. The zero-order chi connectivity index (χ0) is 11.5. The van der Waals surface area contributed by atoms with E-state index in [0.29, 0.717) is 0 Å². The van der Waals surface area contributed by atoms with Crippen LogP contribution in [-0.2, 0) is 14.8 Å². The highest BCUT2D eigenvalue weighted by molar-refractivity contribution is 7.89. The number of hydrogen-bond acceptors (Lipinski definition) is 4. The molecule has 0 aromatic carbocycles. The second kappa shape index (κ2) is 4.24. The van der Waals surface area contributed by atoms with E-state index < -0.39 is 32.9 Å². The lowest BCUT2D eigenvalue weighted by molar-refractivity contribution is -0.116. The van der Waals surface area contributed by atoms with Gasteiger partial charge in [0.15, 0.2) is 0 Å². The molecule has 1 rings (SSSR count). The minimum Gasteiger partial charge on any atom is -0.369 e. The van der Waals surface area contributed by atoms with Gasteiger partial charge < -0.3 is 10.7 Å². The molecule has 82 valence electrons. The van der Waals surface area contributed by atoms with Crippen LogP contribution in [0.25, 0.3) is 0 Å². The number of primary amides is 1. The molecule has 0 atom stereocenters. The number of pyridine rings is 1. The van der Waals surface area contributed by atoms with Crippen LogP contribution in [0.2, 0.25) is 0 Å². The summed E-state index contributed by atoms with van der Waals surface area (Å²) in [6, 6.07) is 2.49. The summed E-state index contributed by atoms with van der Waals surface area (Å²) < 4.78 is 24.7. The van der Waals surface area contributed by atoms with Crippen LogP contribution in [0, 0.1) is 0 Å². The highest BCUT2D eigenvalue weighted by Gasteiger charge is 2.17. The van der Waals surface area contributed by atoms with Gasteiger partial charge in [-0.2, -0.15) is 0 Å².